The minimum atomic E-state index is 0.108. The van der Waals surface area contributed by atoms with Gasteiger partial charge in [0, 0.05) is 51.5 Å². The first kappa shape index (κ1) is 19.6. The normalized spacial score (nSPS) is 25.2. The molecule has 28 heavy (non-hydrogen) atoms. The molecule has 0 saturated carbocycles. The number of ether oxygens (including phenoxy) is 1. The van der Waals surface area contributed by atoms with Crippen LogP contribution in [0.3, 0.4) is 0 Å². The van der Waals surface area contributed by atoms with E-state index in [0.29, 0.717) is 17.5 Å². The Balaban J connectivity index is 1.24. The first-order chi connectivity index (χ1) is 13.7. The van der Waals surface area contributed by atoms with Crippen molar-refractivity contribution in [2.24, 2.45) is 5.92 Å². The van der Waals surface area contributed by atoms with Crippen molar-refractivity contribution >= 4 is 11.7 Å². The lowest BCUT2D eigenvalue weighted by Crippen LogP contribution is -2.50. The number of carbonyl (C=O) groups excluding carboxylic acids is 1. The molecule has 4 rings (SSSR count). The fraction of sp³-hybridized carbons (Fsp3) is 0.714. The van der Waals surface area contributed by atoms with Crippen molar-refractivity contribution in [3.63, 3.8) is 0 Å². The molecule has 1 aromatic rings. The van der Waals surface area contributed by atoms with Crippen molar-refractivity contribution in [3.8, 4) is 0 Å². The lowest BCUT2D eigenvalue weighted by Gasteiger charge is -2.40. The fourth-order valence-corrected chi connectivity index (χ4v) is 4.63. The third kappa shape index (κ3) is 4.82. The van der Waals surface area contributed by atoms with Gasteiger partial charge in [0.05, 0.1) is 18.8 Å². The molecule has 0 unspecified atom stereocenters. The predicted molar refractivity (Wildman–Crippen MR) is 110 cm³/mol. The van der Waals surface area contributed by atoms with E-state index >= 15 is 0 Å². The second-order valence-corrected chi connectivity index (χ2v) is 8.40. The van der Waals surface area contributed by atoms with Gasteiger partial charge in [-0.25, -0.2) is 4.98 Å². The quantitative estimate of drug-likeness (QED) is 0.824. The average Bonchev–Trinajstić information content (AvgIpc) is 3.18. The van der Waals surface area contributed by atoms with Gasteiger partial charge in [0.25, 0.3) is 5.91 Å². The van der Waals surface area contributed by atoms with Gasteiger partial charge in [0.15, 0.2) is 0 Å². The van der Waals surface area contributed by atoms with Crippen LogP contribution in [0.25, 0.3) is 0 Å². The third-order valence-electron chi connectivity index (χ3n) is 6.38. The maximum absolute atomic E-state index is 12.8. The smallest absolute Gasteiger partial charge is 0.255 e. The zero-order valence-electron chi connectivity index (χ0n) is 17.0. The number of anilines is 1. The summed E-state index contributed by atoms with van der Waals surface area (Å²) in [5, 5.41) is 3.42. The lowest BCUT2D eigenvalue weighted by atomic mass is 10.0. The van der Waals surface area contributed by atoms with Crippen LogP contribution < -0.4 is 5.32 Å². The Labute approximate surface area is 168 Å². The number of carbonyl (C=O) groups is 1. The molecule has 0 aliphatic carbocycles. The minimum absolute atomic E-state index is 0.108. The maximum atomic E-state index is 12.8. The average molecular weight is 388 g/mol. The molecule has 1 aromatic heterocycles. The van der Waals surface area contributed by atoms with Gasteiger partial charge in [-0.2, -0.15) is 0 Å². The van der Waals surface area contributed by atoms with Gasteiger partial charge >= 0.3 is 0 Å². The molecule has 7 nitrogen and oxygen atoms in total. The Bertz CT molecular complexity index is 639. The van der Waals surface area contributed by atoms with E-state index in [1.807, 2.05) is 17.0 Å². The van der Waals surface area contributed by atoms with Gasteiger partial charge in [-0.3, -0.25) is 9.69 Å². The Kier molecular flexibility index (Phi) is 6.44. The number of nitrogens with zero attached hydrogens (tertiary/aromatic N) is 4. The monoisotopic (exact) mass is 387 g/mol. The summed E-state index contributed by atoms with van der Waals surface area (Å²) in [5.74, 6) is 1.65. The van der Waals surface area contributed by atoms with Gasteiger partial charge in [-0.1, -0.05) is 0 Å². The van der Waals surface area contributed by atoms with E-state index in [1.54, 1.807) is 6.20 Å². The highest BCUT2D eigenvalue weighted by Crippen LogP contribution is 2.20. The lowest BCUT2D eigenvalue weighted by molar-refractivity contribution is 0.00158. The summed E-state index contributed by atoms with van der Waals surface area (Å²) >= 11 is 0. The number of aromatic nitrogens is 1. The molecular formula is C21H33N5O2. The number of morpholine rings is 1. The van der Waals surface area contributed by atoms with Gasteiger partial charge in [0.2, 0.25) is 0 Å². The molecule has 3 aliphatic rings. The molecule has 3 fully saturated rings. The summed E-state index contributed by atoms with van der Waals surface area (Å²) in [6, 6.07) is 4.44. The summed E-state index contributed by atoms with van der Waals surface area (Å²) < 4.78 is 5.45. The minimum Gasteiger partial charge on any atom is -0.379 e. The number of piperidine rings is 1. The SMILES string of the molecule is CN1CC[C@H](CNc2ccc(C(=O)N3CCC(N4CCOCC4)CC3)cn2)C1. The molecule has 3 aliphatic heterocycles. The summed E-state index contributed by atoms with van der Waals surface area (Å²) in [4.78, 5) is 24.2. The second kappa shape index (κ2) is 9.20. The van der Waals surface area contributed by atoms with Crippen molar-refractivity contribution in [2.45, 2.75) is 25.3 Å². The molecule has 1 amide bonds. The number of rotatable bonds is 5. The second-order valence-electron chi connectivity index (χ2n) is 8.40. The highest BCUT2D eigenvalue weighted by molar-refractivity contribution is 5.94. The fourth-order valence-electron chi connectivity index (χ4n) is 4.63. The van der Waals surface area contributed by atoms with E-state index in [-0.39, 0.29) is 5.91 Å². The van der Waals surface area contributed by atoms with Crippen LogP contribution in [0.15, 0.2) is 18.3 Å². The van der Waals surface area contributed by atoms with E-state index < -0.39 is 0 Å². The zero-order valence-corrected chi connectivity index (χ0v) is 17.0. The largest absolute Gasteiger partial charge is 0.379 e. The first-order valence-corrected chi connectivity index (χ1v) is 10.7. The van der Waals surface area contributed by atoms with Crippen molar-refractivity contribution in [2.75, 3.05) is 71.4 Å². The van der Waals surface area contributed by atoms with E-state index in [0.717, 1.165) is 71.1 Å². The first-order valence-electron chi connectivity index (χ1n) is 10.7. The van der Waals surface area contributed by atoms with E-state index in [2.05, 4.69) is 27.1 Å². The maximum Gasteiger partial charge on any atom is 0.255 e. The van der Waals surface area contributed by atoms with Crippen molar-refractivity contribution < 1.29 is 9.53 Å². The molecule has 0 aromatic carbocycles. The Morgan fingerprint density at radius 2 is 1.93 bits per heavy atom. The molecule has 4 heterocycles. The molecule has 1 N–H and O–H groups in total. The molecule has 0 spiro atoms. The van der Waals surface area contributed by atoms with Gasteiger partial charge in [-0.05, 0) is 50.9 Å². The molecule has 1 atom stereocenters. The number of likely N-dealkylation sites (tertiary alicyclic amines) is 2. The van der Waals surface area contributed by atoms with Crippen molar-refractivity contribution in [1.29, 1.82) is 0 Å². The summed E-state index contributed by atoms with van der Waals surface area (Å²) in [6.07, 6.45) is 5.06. The third-order valence-corrected chi connectivity index (χ3v) is 6.38. The highest BCUT2D eigenvalue weighted by atomic mass is 16.5. The van der Waals surface area contributed by atoms with Crippen LogP contribution in [-0.4, -0.2) is 97.7 Å². The number of pyridine rings is 1. The van der Waals surface area contributed by atoms with E-state index in [9.17, 15) is 4.79 Å². The van der Waals surface area contributed by atoms with Crippen molar-refractivity contribution in [1.82, 2.24) is 19.7 Å². The van der Waals surface area contributed by atoms with Crippen LogP contribution in [0.2, 0.25) is 0 Å². The van der Waals surface area contributed by atoms with Crippen LogP contribution in [0, 0.1) is 5.92 Å². The standard InChI is InChI=1S/C21H33N5O2/c1-24-7-4-17(16-24)14-22-20-3-2-18(15-23-20)21(27)26-8-5-19(6-9-26)25-10-12-28-13-11-25/h2-3,15,17,19H,4-14,16H2,1H3,(H,22,23)/t17-/m1/s1. The van der Waals surface area contributed by atoms with Gasteiger partial charge in [0.1, 0.15) is 5.82 Å². The summed E-state index contributed by atoms with van der Waals surface area (Å²) in [5.41, 5.74) is 0.691. The van der Waals surface area contributed by atoms with Crippen LogP contribution in [0.1, 0.15) is 29.6 Å². The molecule has 3 saturated heterocycles. The number of amides is 1. The number of hydrogen-bond acceptors (Lipinski definition) is 6. The van der Waals surface area contributed by atoms with E-state index in [1.165, 1.54) is 13.0 Å². The van der Waals surface area contributed by atoms with Gasteiger partial charge < -0.3 is 19.9 Å². The highest BCUT2D eigenvalue weighted by Gasteiger charge is 2.28. The van der Waals surface area contributed by atoms with Crippen LogP contribution in [0.5, 0.6) is 0 Å². The van der Waals surface area contributed by atoms with Crippen LogP contribution in [-0.2, 0) is 4.74 Å². The summed E-state index contributed by atoms with van der Waals surface area (Å²) in [7, 11) is 2.17. The molecule has 7 heteroatoms. The zero-order chi connectivity index (χ0) is 19.3. The van der Waals surface area contributed by atoms with Crippen LogP contribution >= 0.6 is 0 Å². The summed E-state index contributed by atoms with van der Waals surface area (Å²) in [6.45, 7) is 8.64. The van der Waals surface area contributed by atoms with Crippen LogP contribution in [0.4, 0.5) is 5.82 Å². The molecule has 0 bridgehead atoms. The van der Waals surface area contributed by atoms with Gasteiger partial charge in [-0.15, -0.1) is 0 Å². The Morgan fingerprint density at radius 1 is 1.14 bits per heavy atom. The Hall–Kier alpha value is -1.70. The van der Waals surface area contributed by atoms with E-state index in [4.69, 9.17) is 4.74 Å². The predicted octanol–water partition coefficient (Wildman–Crippen LogP) is 1.38. The number of nitrogens with one attached hydrogen (secondary N) is 1. The number of hydrogen-bond donors (Lipinski definition) is 1. The Morgan fingerprint density at radius 3 is 2.57 bits per heavy atom. The topological polar surface area (TPSA) is 60.9 Å². The van der Waals surface area contributed by atoms with Crippen molar-refractivity contribution in [3.05, 3.63) is 23.9 Å². The molecule has 0 radical (unpaired) electrons. The molecule has 154 valence electrons. The molecular weight excluding hydrogens is 354 g/mol.